The first-order chi connectivity index (χ1) is 15.1. The molecule has 3 heterocycles. The van der Waals surface area contributed by atoms with Crippen LogP contribution in [0.15, 0.2) is 75.4 Å². The third kappa shape index (κ3) is 5.19. The molecule has 4 aromatic rings. The number of unbranched alkanes of at least 4 members (excludes halogenated alkanes) is 1. The van der Waals surface area contributed by atoms with Gasteiger partial charge in [0.25, 0.3) is 11.5 Å². The van der Waals surface area contributed by atoms with E-state index in [4.69, 9.17) is 4.42 Å². The highest BCUT2D eigenvalue weighted by atomic mass is 32.1. The van der Waals surface area contributed by atoms with Gasteiger partial charge in [0, 0.05) is 23.2 Å². The van der Waals surface area contributed by atoms with Crippen molar-refractivity contribution in [2.24, 2.45) is 0 Å². The van der Waals surface area contributed by atoms with Crippen LogP contribution in [0.2, 0.25) is 0 Å². The van der Waals surface area contributed by atoms with Crippen LogP contribution < -0.4 is 10.9 Å². The number of thiazole rings is 1. The number of hydrogen-bond donors (Lipinski definition) is 1. The minimum Gasteiger partial charge on any atom is -0.454 e. The molecule has 6 nitrogen and oxygen atoms in total. The molecule has 1 amide bonds. The largest absolute Gasteiger partial charge is 0.454 e. The van der Waals surface area contributed by atoms with Crippen molar-refractivity contribution in [2.75, 3.05) is 5.32 Å². The molecule has 0 aliphatic heterocycles. The molecular weight excluding hydrogens is 410 g/mol. The predicted molar refractivity (Wildman–Crippen MR) is 123 cm³/mol. The zero-order valence-electron chi connectivity index (χ0n) is 17.2. The number of hydrogen-bond acceptors (Lipinski definition) is 5. The summed E-state index contributed by atoms with van der Waals surface area (Å²) < 4.78 is 7.13. The standard InChI is InChI=1S/C24H23N3O3S/c1-2-3-6-17-8-10-18(11-9-17)20-16-31-24(25-20)26-23(29)21-13-12-19(30-21)15-27-14-5-4-7-22(27)28/h4-5,7-14,16H,2-3,6,15H2,1H3,(H,25,26,29). The average molecular weight is 434 g/mol. The number of amides is 1. The number of nitrogens with one attached hydrogen (secondary N) is 1. The number of carbonyl (C=O) groups excluding carboxylic acids is 1. The molecule has 0 saturated carbocycles. The van der Waals surface area contributed by atoms with Gasteiger partial charge in [-0.2, -0.15) is 0 Å². The first-order valence-corrected chi connectivity index (χ1v) is 11.1. The van der Waals surface area contributed by atoms with E-state index in [-0.39, 0.29) is 23.8 Å². The molecular formula is C24H23N3O3S. The lowest BCUT2D eigenvalue weighted by molar-refractivity contribution is 0.0994. The molecule has 0 aliphatic carbocycles. The van der Waals surface area contributed by atoms with Gasteiger partial charge in [0.1, 0.15) is 5.76 Å². The van der Waals surface area contributed by atoms with Gasteiger partial charge in [-0.05, 0) is 36.6 Å². The van der Waals surface area contributed by atoms with E-state index in [1.807, 2.05) is 5.38 Å². The van der Waals surface area contributed by atoms with Gasteiger partial charge in [-0.15, -0.1) is 11.3 Å². The number of aryl methyl sites for hydroxylation is 1. The summed E-state index contributed by atoms with van der Waals surface area (Å²) >= 11 is 1.37. The lowest BCUT2D eigenvalue weighted by Crippen LogP contribution is -2.18. The van der Waals surface area contributed by atoms with Crippen molar-refractivity contribution < 1.29 is 9.21 Å². The van der Waals surface area contributed by atoms with Gasteiger partial charge in [0.05, 0.1) is 12.2 Å². The number of carbonyl (C=O) groups is 1. The van der Waals surface area contributed by atoms with Gasteiger partial charge < -0.3 is 8.98 Å². The molecule has 158 valence electrons. The molecule has 0 radical (unpaired) electrons. The van der Waals surface area contributed by atoms with Crippen LogP contribution in [0.4, 0.5) is 5.13 Å². The van der Waals surface area contributed by atoms with Crippen LogP contribution in [0.25, 0.3) is 11.3 Å². The first kappa shape index (κ1) is 20.8. The molecule has 0 saturated heterocycles. The zero-order valence-corrected chi connectivity index (χ0v) is 18.0. The topological polar surface area (TPSA) is 77.1 Å². The second kappa shape index (κ2) is 9.57. The molecule has 0 fully saturated rings. The summed E-state index contributed by atoms with van der Waals surface area (Å²) in [5, 5.41) is 5.21. The van der Waals surface area contributed by atoms with Crippen molar-refractivity contribution in [1.29, 1.82) is 0 Å². The Hall–Kier alpha value is -3.45. The first-order valence-electron chi connectivity index (χ1n) is 10.2. The van der Waals surface area contributed by atoms with Crippen molar-refractivity contribution in [3.8, 4) is 11.3 Å². The lowest BCUT2D eigenvalue weighted by atomic mass is 10.1. The van der Waals surface area contributed by atoms with Gasteiger partial charge in [-0.3, -0.25) is 14.9 Å². The molecule has 0 bridgehead atoms. The Balaban J connectivity index is 1.39. The molecule has 1 N–H and O–H groups in total. The number of anilines is 1. The third-order valence-corrected chi connectivity index (χ3v) is 5.66. The summed E-state index contributed by atoms with van der Waals surface area (Å²) in [6.45, 7) is 2.45. The minimum absolute atomic E-state index is 0.126. The van der Waals surface area contributed by atoms with E-state index in [1.54, 1.807) is 30.5 Å². The highest BCUT2D eigenvalue weighted by Gasteiger charge is 2.14. The summed E-state index contributed by atoms with van der Waals surface area (Å²) in [6.07, 6.45) is 5.12. The maximum Gasteiger partial charge on any atom is 0.293 e. The van der Waals surface area contributed by atoms with Crippen LogP contribution in [-0.4, -0.2) is 15.5 Å². The van der Waals surface area contributed by atoms with Crippen LogP contribution in [0.1, 0.15) is 41.6 Å². The molecule has 1 aromatic carbocycles. The quantitative estimate of drug-likeness (QED) is 0.414. The number of pyridine rings is 1. The number of furan rings is 1. The monoisotopic (exact) mass is 433 g/mol. The summed E-state index contributed by atoms with van der Waals surface area (Å²) in [7, 11) is 0. The fourth-order valence-corrected chi connectivity index (χ4v) is 3.90. The summed E-state index contributed by atoms with van der Waals surface area (Å²) in [5.74, 6) is 0.333. The highest BCUT2D eigenvalue weighted by Crippen LogP contribution is 2.26. The van der Waals surface area contributed by atoms with Crippen LogP contribution in [0.5, 0.6) is 0 Å². The summed E-state index contributed by atoms with van der Waals surface area (Å²) in [5.41, 5.74) is 3.04. The Labute approximate surface area is 184 Å². The summed E-state index contributed by atoms with van der Waals surface area (Å²) in [4.78, 5) is 28.9. The van der Waals surface area contributed by atoms with Crippen molar-refractivity contribution in [3.63, 3.8) is 0 Å². The Kier molecular flexibility index (Phi) is 6.43. The second-order valence-corrected chi connectivity index (χ2v) is 8.08. The molecule has 31 heavy (non-hydrogen) atoms. The van der Waals surface area contributed by atoms with Gasteiger partial charge in [0.2, 0.25) is 0 Å². The average Bonchev–Trinajstić information content (AvgIpc) is 3.44. The van der Waals surface area contributed by atoms with Crippen LogP contribution in [0.3, 0.4) is 0 Å². The third-order valence-electron chi connectivity index (χ3n) is 4.90. The molecule has 0 spiro atoms. The van der Waals surface area contributed by atoms with E-state index in [2.05, 4.69) is 41.5 Å². The predicted octanol–water partition coefficient (Wildman–Crippen LogP) is 5.21. The van der Waals surface area contributed by atoms with Crippen molar-refractivity contribution in [2.45, 2.75) is 32.7 Å². The van der Waals surface area contributed by atoms with Gasteiger partial charge >= 0.3 is 0 Å². The Morgan fingerprint density at radius 3 is 2.74 bits per heavy atom. The second-order valence-electron chi connectivity index (χ2n) is 7.23. The lowest BCUT2D eigenvalue weighted by Gasteiger charge is -2.02. The molecule has 0 unspecified atom stereocenters. The Morgan fingerprint density at radius 1 is 1.13 bits per heavy atom. The van der Waals surface area contributed by atoms with Crippen molar-refractivity contribution in [1.82, 2.24) is 9.55 Å². The molecule has 4 rings (SSSR count). The van der Waals surface area contributed by atoms with Gasteiger partial charge in [0.15, 0.2) is 10.9 Å². The smallest absolute Gasteiger partial charge is 0.293 e. The van der Waals surface area contributed by atoms with E-state index >= 15 is 0 Å². The molecule has 0 atom stereocenters. The Morgan fingerprint density at radius 2 is 1.97 bits per heavy atom. The van der Waals surface area contributed by atoms with E-state index in [0.29, 0.717) is 10.9 Å². The van der Waals surface area contributed by atoms with Gasteiger partial charge in [-0.25, -0.2) is 4.98 Å². The van der Waals surface area contributed by atoms with Crippen LogP contribution in [-0.2, 0) is 13.0 Å². The highest BCUT2D eigenvalue weighted by molar-refractivity contribution is 7.14. The maximum atomic E-state index is 12.5. The normalized spacial score (nSPS) is 10.9. The minimum atomic E-state index is -0.373. The van der Waals surface area contributed by atoms with E-state index < -0.39 is 0 Å². The maximum absolute atomic E-state index is 12.5. The fourth-order valence-electron chi connectivity index (χ4n) is 3.19. The SMILES string of the molecule is CCCCc1ccc(-c2csc(NC(=O)c3ccc(Cn4ccccc4=O)o3)n2)cc1. The van der Waals surface area contributed by atoms with Gasteiger partial charge in [-0.1, -0.05) is 43.7 Å². The number of aromatic nitrogens is 2. The van der Waals surface area contributed by atoms with E-state index in [0.717, 1.165) is 17.7 Å². The Bertz CT molecular complexity index is 1220. The van der Waals surface area contributed by atoms with Crippen LogP contribution >= 0.6 is 11.3 Å². The molecule has 0 aliphatic rings. The fraction of sp³-hybridized carbons (Fsp3) is 0.208. The van der Waals surface area contributed by atoms with E-state index in [9.17, 15) is 9.59 Å². The van der Waals surface area contributed by atoms with Crippen molar-refractivity contribution in [3.05, 3.63) is 93.6 Å². The van der Waals surface area contributed by atoms with Crippen LogP contribution in [0, 0.1) is 0 Å². The number of rotatable bonds is 8. The molecule has 3 aromatic heterocycles. The summed E-state index contributed by atoms with van der Waals surface area (Å²) in [6, 6.07) is 16.6. The molecule has 7 heteroatoms. The zero-order chi connectivity index (χ0) is 21.6. The number of nitrogens with zero attached hydrogens (tertiary/aromatic N) is 2. The van der Waals surface area contributed by atoms with E-state index in [1.165, 1.54) is 40.4 Å². The number of benzene rings is 1. The van der Waals surface area contributed by atoms with Crippen molar-refractivity contribution >= 4 is 22.4 Å².